The van der Waals surface area contributed by atoms with Gasteiger partial charge in [-0.2, -0.15) is 0 Å². The maximum absolute atomic E-state index is 12.1. The van der Waals surface area contributed by atoms with Gasteiger partial charge in [0, 0.05) is 36.0 Å². The third-order valence-corrected chi connectivity index (χ3v) is 4.22. The van der Waals surface area contributed by atoms with E-state index in [0.717, 1.165) is 15.6 Å². The van der Waals surface area contributed by atoms with Crippen LogP contribution in [0.2, 0.25) is 0 Å². The first-order valence-corrected chi connectivity index (χ1v) is 7.96. The molecule has 6 heteroatoms. The fraction of sp³-hybridized carbons (Fsp3) is 0.235. The molecule has 0 aliphatic heterocycles. The predicted molar refractivity (Wildman–Crippen MR) is 93.0 cm³/mol. The van der Waals surface area contributed by atoms with E-state index < -0.39 is 0 Å². The molecule has 2 aromatic rings. The third kappa shape index (κ3) is 4.89. The van der Waals surface area contributed by atoms with Crippen molar-refractivity contribution in [2.24, 2.45) is 0 Å². The standard InChI is InChI=1S/C17H18BrN3O2/c1-12-5-6-15(8-16(12)18)21(13(2)22)11-17(23)20-10-14-4-3-7-19-9-14/h3-9H,10-11H2,1-2H3,(H,20,23). The van der Waals surface area contributed by atoms with Crippen LogP contribution < -0.4 is 10.2 Å². The van der Waals surface area contributed by atoms with Gasteiger partial charge < -0.3 is 10.2 Å². The molecule has 5 nitrogen and oxygen atoms in total. The number of amides is 2. The van der Waals surface area contributed by atoms with Crippen LogP contribution in [0.5, 0.6) is 0 Å². The quantitative estimate of drug-likeness (QED) is 0.873. The number of nitrogens with zero attached hydrogens (tertiary/aromatic N) is 2. The molecule has 120 valence electrons. The highest BCUT2D eigenvalue weighted by Gasteiger charge is 2.16. The Balaban J connectivity index is 2.02. The van der Waals surface area contributed by atoms with E-state index in [9.17, 15) is 9.59 Å². The van der Waals surface area contributed by atoms with Gasteiger partial charge in [-0.25, -0.2) is 0 Å². The highest BCUT2D eigenvalue weighted by molar-refractivity contribution is 9.10. The van der Waals surface area contributed by atoms with Crippen LogP contribution in [0.3, 0.4) is 0 Å². The number of nitrogens with one attached hydrogen (secondary N) is 1. The Kier molecular flexibility index (Phi) is 5.87. The molecule has 0 bridgehead atoms. The first-order valence-electron chi connectivity index (χ1n) is 7.17. The van der Waals surface area contributed by atoms with Gasteiger partial charge in [-0.15, -0.1) is 0 Å². The summed E-state index contributed by atoms with van der Waals surface area (Å²) >= 11 is 3.45. The van der Waals surface area contributed by atoms with Crippen molar-refractivity contribution in [1.82, 2.24) is 10.3 Å². The van der Waals surface area contributed by atoms with Gasteiger partial charge in [0.15, 0.2) is 0 Å². The fourth-order valence-electron chi connectivity index (χ4n) is 2.04. The van der Waals surface area contributed by atoms with Crippen molar-refractivity contribution in [3.05, 3.63) is 58.3 Å². The fourth-order valence-corrected chi connectivity index (χ4v) is 2.40. The Hall–Kier alpha value is -2.21. The highest BCUT2D eigenvalue weighted by Crippen LogP contribution is 2.23. The lowest BCUT2D eigenvalue weighted by Gasteiger charge is -2.21. The summed E-state index contributed by atoms with van der Waals surface area (Å²) in [6.07, 6.45) is 3.37. The number of halogens is 1. The first kappa shape index (κ1) is 17.1. The van der Waals surface area contributed by atoms with Gasteiger partial charge >= 0.3 is 0 Å². The van der Waals surface area contributed by atoms with E-state index in [2.05, 4.69) is 26.2 Å². The van der Waals surface area contributed by atoms with Crippen LogP contribution in [-0.4, -0.2) is 23.3 Å². The van der Waals surface area contributed by atoms with E-state index >= 15 is 0 Å². The van der Waals surface area contributed by atoms with Crippen LogP contribution in [0.25, 0.3) is 0 Å². The summed E-state index contributed by atoms with van der Waals surface area (Å²) in [6.45, 7) is 3.77. The number of benzene rings is 1. The summed E-state index contributed by atoms with van der Waals surface area (Å²) in [4.78, 5) is 29.4. The first-order chi connectivity index (χ1) is 11.0. The van der Waals surface area contributed by atoms with Crippen molar-refractivity contribution in [2.45, 2.75) is 20.4 Å². The van der Waals surface area contributed by atoms with E-state index in [0.29, 0.717) is 12.2 Å². The monoisotopic (exact) mass is 375 g/mol. The smallest absolute Gasteiger partial charge is 0.240 e. The van der Waals surface area contributed by atoms with Gasteiger partial charge in [-0.3, -0.25) is 14.6 Å². The van der Waals surface area contributed by atoms with Crippen molar-refractivity contribution in [2.75, 3.05) is 11.4 Å². The zero-order valence-electron chi connectivity index (χ0n) is 13.0. The van der Waals surface area contributed by atoms with Crippen LogP contribution in [-0.2, 0) is 16.1 Å². The molecular weight excluding hydrogens is 358 g/mol. The number of anilines is 1. The molecule has 0 unspecified atom stereocenters. The number of hydrogen-bond acceptors (Lipinski definition) is 3. The number of carbonyl (C=O) groups excluding carboxylic acids is 2. The lowest BCUT2D eigenvalue weighted by Crippen LogP contribution is -2.39. The number of carbonyl (C=O) groups is 2. The van der Waals surface area contributed by atoms with Crippen LogP contribution in [0.4, 0.5) is 5.69 Å². The van der Waals surface area contributed by atoms with Crippen molar-refractivity contribution < 1.29 is 9.59 Å². The molecule has 1 heterocycles. The Morgan fingerprint density at radius 2 is 2.09 bits per heavy atom. The lowest BCUT2D eigenvalue weighted by atomic mass is 10.2. The number of aryl methyl sites for hydroxylation is 1. The summed E-state index contributed by atoms with van der Waals surface area (Å²) in [6, 6.07) is 9.27. The minimum Gasteiger partial charge on any atom is -0.350 e. The largest absolute Gasteiger partial charge is 0.350 e. The second-order valence-corrected chi connectivity index (χ2v) is 6.03. The van der Waals surface area contributed by atoms with Gasteiger partial charge in [0.05, 0.1) is 0 Å². The maximum atomic E-state index is 12.1. The van der Waals surface area contributed by atoms with Crippen LogP contribution in [0, 0.1) is 6.92 Å². The molecule has 1 N–H and O–H groups in total. The summed E-state index contributed by atoms with van der Waals surface area (Å²) in [5.74, 6) is -0.405. The van der Waals surface area contributed by atoms with Gasteiger partial charge in [0.1, 0.15) is 6.54 Å². The van der Waals surface area contributed by atoms with Gasteiger partial charge in [0.2, 0.25) is 11.8 Å². The van der Waals surface area contributed by atoms with E-state index in [1.807, 2.05) is 37.3 Å². The van der Waals surface area contributed by atoms with E-state index in [-0.39, 0.29) is 18.4 Å². The van der Waals surface area contributed by atoms with Gasteiger partial charge in [-0.1, -0.05) is 28.1 Å². The Bertz CT molecular complexity index is 704. The maximum Gasteiger partial charge on any atom is 0.240 e. The number of hydrogen-bond donors (Lipinski definition) is 1. The van der Waals surface area contributed by atoms with Crippen LogP contribution in [0.1, 0.15) is 18.1 Å². The molecule has 23 heavy (non-hydrogen) atoms. The molecule has 0 spiro atoms. The lowest BCUT2D eigenvalue weighted by molar-refractivity contribution is -0.123. The average Bonchev–Trinajstić information content (AvgIpc) is 2.54. The van der Waals surface area contributed by atoms with E-state index in [1.165, 1.54) is 11.8 Å². The third-order valence-electron chi connectivity index (χ3n) is 3.36. The van der Waals surface area contributed by atoms with Crippen molar-refractivity contribution in [1.29, 1.82) is 0 Å². The zero-order valence-corrected chi connectivity index (χ0v) is 14.6. The molecular formula is C17H18BrN3O2. The minimum absolute atomic E-state index is 0.0227. The Labute approximate surface area is 143 Å². The van der Waals surface area contributed by atoms with Gasteiger partial charge in [0.25, 0.3) is 0 Å². The molecule has 0 saturated carbocycles. The molecule has 0 fully saturated rings. The molecule has 2 rings (SSSR count). The Morgan fingerprint density at radius 3 is 2.70 bits per heavy atom. The molecule has 1 aromatic carbocycles. The molecule has 0 radical (unpaired) electrons. The predicted octanol–water partition coefficient (Wildman–Crippen LogP) is 2.82. The summed E-state index contributed by atoms with van der Waals surface area (Å²) in [5, 5.41) is 2.80. The van der Waals surface area contributed by atoms with Crippen molar-refractivity contribution in [3.8, 4) is 0 Å². The molecule has 0 aliphatic rings. The SMILES string of the molecule is CC(=O)N(CC(=O)NCc1cccnc1)c1ccc(C)c(Br)c1. The molecule has 0 aliphatic carbocycles. The van der Waals surface area contributed by atoms with E-state index in [1.54, 1.807) is 12.4 Å². The number of rotatable bonds is 5. The molecule has 0 saturated heterocycles. The summed E-state index contributed by atoms with van der Waals surface area (Å²) in [7, 11) is 0. The van der Waals surface area contributed by atoms with E-state index in [4.69, 9.17) is 0 Å². The highest BCUT2D eigenvalue weighted by atomic mass is 79.9. The normalized spacial score (nSPS) is 10.2. The summed E-state index contributed by atoms with van der Waals surface area (Å²) < 4.78 is 0.900. The second kappa shape index (κ2) is 7.87. The van der Waals surface area contributed by atoms with Crippen LogP contribution in [0.15, 0.2) is 47.2 Å². The number of pyridine rings is 1. The van der Waals surface area contributed by atoms with Crippen molar-refractivity contribution >= 4 is 33.4 Å². The molecule has 1 aromatic heterocycles. The van der Waals surface area contributed by atoms with Crippen molar-refractivity contribution in [3.63, 3.8) is 0 Å². The van der Waals surface area contributed by atoms with Crippen LogP contribution >= 0.6 is 15.9 Å². The van der Waals surface area contributed by atoms with Gasteiger partial charge in [-0.05, 0) is 36.2 Å². The second-order valence-electron chi connectivity index (χ2n) is 5.18. The average molecular weight is 376 g/mol. The molecule has 0 atom stereocenters. The zero-order chi connectivity index (χ0) is 16.8. The topological polar surface area (TPSA) is 62.3 Å². The number of aromatic nitrogens is 1. The summed E-state index contributed by atoms with van der Waals surface area (Å²) in [5.41, 5.74) is 2.66. The minimum atomic E-state index is -0.222. The Morgan fingerprint density at radius 1 is 1.30 bits per heavy atom. The molecule has 2 amide bonds.